The molecule has 3 rings (SSSR count). The van der Waals surface area contributed by atoms with Gasteiger partial charge in [0.1, 0.15) is 11.8 Å². The number of carbonyl (C=O) groups excluding carboxylic acids is 3. The number of ether oxygens (including phenoxy) is 1. The van der Waals surface area contributed by atoms with E-state index < -0.39 is 24.2 Å². The summed E-state index contributed by atoms with van der Waals surface area (Å²) in [5.41, 5.74) is 9.50. The number of halogens is 3. The lowest BCUT2D eigenvalue weighted by Gasteiger charge is -2.14. The Morgan fingerprint density at radius 1 is 0.951 bits per heavy atom. The van der Waals surface area contributed by atoms with Crippen molar-refractivity contribution in [1.82, 2.24) is 16.1 Å². The number of hydrogen-bond acceptors (Lipinski definition) is 7. The summed E-state index contributed by atoms with van der Waals surface area (Å²) in [5.74, 6) is 3.89. The molecule has 214 valence electrons. The SMILES string of the molecule is NC[C@H](NC(=O)c1ccc(C#Cc2ccc(NC(=O)CNCc3cccc(OC(F)(F)F)c3)cc2)cc1)C(=O)NO. The minimum Gasteiger partial charge on any atom is -0.406 e. The number of anilines is 1. The van der Waals surface area contributed by atoms with Crippen LogP contribution in [0.2, 0.25) is 0 Å². The average Bonchev–Trinajstić information content (AvgIpc) is 2.94. The standard InChI is InChI=1S/C28H26F3N5O5/c29-28(30,31)41-23-3-1-2-20(14-23)16-33-17-25(37)34-22-12-8-19(9-13-22)5-4-18-6-10-21(11-7-18)26(38)35-24(15-32)27(39)36-40/h1-3,6-14,24,33,40H,15-17,32H2,(H,34,37)(H,35,38)(H,36,39)/t24-/m0/s1. The van der Waals surface area contributed by atoms with Gasteiger partial charge in [0.2, 0.25) is 5.91 Å². The third-order valence-electron chi connectivity index (χ3n) is 5.38. The van der Waals surface area contributed by atoms with Gasteiger partial charge in [0.15, 0.2) is 0 Å². The first-order valence-electron chi connectivity index (χ1n) is 12.1. The van der Waals surface area contributed by atoms with Crippen molar-refractivity contribution in [1.29, 1.82) is 0 Å². The Morgan fingerprint density at radius 3 is 2.17 bits per heavy atom. The largest absolute Gasteiger partial charge is 0.573 e. The smallest absolute Gasteiger partial charge is 0.406 e. The highest BCUT2D eigenvalue weighted by molar-refractivity contribution is 5.97. The van der Waals surface area contributed by atoms with E-state index in [4.69, 9.17) is 10.9 Å². The summed E-state index contributed by atoms with van der Waals surface area (Å²) in [4.78, 5) is 35.9. The van der Waals surface area contributed by atoms with Crippen molar-refractivity contribution in [2.24, 2.45) is 5.73 Å². The number of rotatable bonds is 10. The molecule has 13 heteroatoms. The summed E-state index contributed by atoms with van der Waals surface area (Å²) in [6, 6.07) is 17.5. The second-order valence-corrected chi connectivity index (χ2v) is 8.49. The Labute approximate surface area is 233 Å². The van der Waals surface area contributed by atoms with E-state index in [1.807, 2.05) is 0 Å². The maximum Gasteiger partial charge on any atom is 0.573 e. The van der Waals surface area contributed by atoms with Gasteiger partial charge in [0.05, 0.1) is 6.54 Å². The molecule has 0 fully saturated rings. The van der Waals surface area contributed by atoms with E-state index in [0.717, 1.165) is 0 Å². The third-order valence-corrected chi connectivity index (χ3v) is 5.38. The minimum absolute atomic E-state index is 0.0680. The molecule has 3 aromatic carbocycles. The lowest BCUT2D eigenvalue weighted by atomic mass is 10.1. The number of benzene rings is 3. The van der Waals surface area contributed by atoms with Crippen LogP contribution in [0.4, 0.5) is 18.9 Å². The van der Waals surface area contributed by atoms with Gasteiger partial charge in [-0.2, -0.15) is 0 Å². The summed E-state index contributed by atoms with van der Waals surface area (Å²) in [6.07, 6.45) is -4.78. The fraction of sp³-hybridized carbons (Fsp3) is 0.179. The number of nitrogens with two attached hydrogens (primary N) is 1. The van der Waals surface area contributed by atoms with Crippen molar-refractivity contribution in [2.45, 2.75) is 18.9 Å². The number of hydrogen-bond donors (Lipinski definition) is 6. The first-order valence-corrected chi connectivity index (χ1v) is 12.1. The minimum atomic E-state index is -4.78. The molecule has 0 heterocycles. The Bertz CT molecular complexity index is 1420. The normalized spacial score (nSPS) is 11.4. The third kappa shape index (κ3) is 10.3. The van der Waals surface area contributed by atoms with Crippen molar-refractivity contribution in [3.63, 3.8) is 0 Å². The molecule has 0 aliphatic carbocycles. The molecule has 0 aliphatic rings. The van der Waals surface area contributed by atoms with Crippen LogP contribution in [0.3, 0.4) is 0 Å². The van der Waals surface area contributed by atoms with Crippen LogP contribution in [-0.2, 0) is 16.1 Å². The predicted octanol–water partition coefficient (Wildman–Crippen LogP) is 2.28. The van der Waals surface area contributed by atoms with Crippen LogP contribution in [0.5, 0.6) is 5.75 Å². The Balaban J connectivity index is 1.47. The first kappa shape index (κ1) is 30.6. The molecule has 0 aliphatic heterocycles. The van der Waals surface area contributed by atoms with Crippen molar-refractivity contribution in [2.75, 3.05) is 18.4 Å². The molecule has 0 bridgehead atoms. The second kappa shape index (κ2) is 14.5. The van der Waals surface area contributed by atoms with Crippen LogP contribution >= 0.6 is 0 Å². The maximum atomic E-state index is 12.4. The highest BCUT2D eigenvalue weighted by Gasteiger charge is 2.31. The van der Waals surface area contributed by atoms with Crippen molar-refractivity contribution in [3.05, 3.63) is 95.1 Å². The van der Waals surface area contributed by atoms with Crippen LogP contribution in [0.25, 0.3) is 0 Å². The maximum absolute atomic E-state index is 12.4. The molecule has 3 amide bonds. The van der Waals surface area contributed by atoms with Crippen LogP contribution < -0.4 is 31.9 Å². The zero-order valence-electron chi connectivity index (χ0n) is 21.4. The van der Waals surface area contributed by atoms with Gasteiger partial charge in [0.25, 0.3) is 11.8 Å². The van der Waals surface area contributed by atoms with Gasteiger partial charge in [-0.25, -0.2) is 5.48 Å². The van der Waals surface area contributed by atoms with Gasteiger partial charge in [-0.05, 0) is 66.2 Å². The molecule has 0 saturated carbocycles. The summed E-state index contributed by atoms with van der Waals surface area (Å²) in [6.45, 7) is -0.0949. The molecule has 3 aromatic rings. The molecular weight excluding hydrogens is 543 g/mol. The molecule has 0 saturated heterocycles. The molecule has 41 heavy (non-hydrogen) atoms. The Hall–Kier alpha value is -4.90. The van der Waals surface area contributed by atoms with Gasteiger partial charge in [0, 0.05) is 35.5 Å². The van der Waals surface area contributed by atoms with E-state index >= 15 is 0 Å². The van der Waals surface area contributed by atoms with Gasteiger partial charge < -0.3 is 26.4 Å². The fourth-order valence-electron chi connectivity index (χ4n) is 3.42. The van der Waals surface area contributed by atoms with Crippen LogP contribution in [-0.4, -0.2) is 48.4 Å². The van der Waals surface area contributed by atoms with E-state index in [1.54, 1.807) is 42.5 Å². The van der Waals surface area contributed by atoms with Gasteiger partial charge in [-0.1, -0.05) is 24.0 Å². The van der Waals surface area contributed by atoms with Crippen molar-refractivity contribution in [3.8, 4) is 17.6 Å². The lowest BCUT2D eigenvalue weighted by Crippen LogP contribution is -2.50. The average molecular weight is 570 g/mol. The predicted molar refractivity (Wildman–Crippen MR) is 143 cm³/mol. The number of amides is 3. The molecule has 0 aromatic heterocycles. The van der Waals surface area contributed by atoms with Gasteiger partial charge in [-0.3, -0.25) is 19.6 Å². The van der Waals surface area contributed by atoms with E-state index in [9.17, 15) is 27.6 Å². The van der Waals surface area contributed by atoms with E-state index in [1.165, 1.54) is 35.8 Å². The highest BCUT2D eigenvalue weighted by atomic mass is 19.4. The van der Waals surface area contributed by atoms with Crippen molar-refractivity contribution >= 4 is 23.4 Å². The van der Waals surface area contributed by atoms with Gasteiger partial charge >= 0.3 is 6.36 Å². The van der Waals surface area contributed by atoms with Gasteiger partial charge in [-0.15, -0.1) is 13.2 Å². The number of nitrogens with one attached hydrogen (secondary N) is 4. The summed E-state index contributed by atoms with van der Waals surface area (Å²) in [5, 5.41) is 16.7. The topological polar surface area (TPSA) is 155 Å². The lowest BCUT2D eigenvalue weighted by molar-refractivity contribution is -0.274. The highest BCUT2D eigenvalue weighted by Crippen LogP contribution is 2.23. The van der Waals surface area contributed by atoms with E-state index in [2.05, 4.69) is 32.5 Å². The molecule has 0 radical (unpaired) electrons. The monoisotopic (exact) mass is 569 g/mol. The number of hydroxylamine groups is 1. The first-order chi connectivity index (χ1) is 19.6. The summed E-state index contributed by atoms with van der Waals surface area (Å²) >= 11 is 0. The molecule has 7 N–H and O–H groups in total. The molecule has 10 nitrogen and oxygen atoms in total. The summed E-state index contributed by atoms with van der Waals surface area (Å²) in [7, 11) is 0. The Morgan fingerprint density at radius 2 is 1.59 bits per heavy atom. The number of carbonyl (C=O) groups is 3. The van der Waals surface area contributed by atoms with E-state index in [-0.39, 0.29) is 36.9 Å². The van der Waals surface area contributed by atoms with Crippen LogP contribution in [0.15, 0.2) is 72.8 Å². The molecule has 0 unspecified atom stereocenters. The molecule has 0 spiro atoms. The quantitative estimate of drug-likeness (QED) is 0.124. The zero-order chi connectivity index (χ0) is 29.8. The van der Waals surface area contributed by atoms with Crippen LogP contribution in [0.1, 0.15) is 27.0 Å². The number of alkyl halides is 3. The fourth-order valence-corrected chi connectivity index (χ4v) is 3.42. The second-order valence-electron chi connectivity index (χ2n) is 8.49. The Kier molecular flexibility index (Phi) is 10.8. The van der Waals surface area contributed by atoms with Crippen molar-refractivity contribution < 1.29 is 37.5 Å². The zero-order valence-corrected chi connectivity index (χ0v) is 21.4. The van der Waals surface area contributed by atoms with Crippen LogP contribution in [0, 0.1) is 11.8 Å². The summed E-state index contributed by atoms with van der Waals surface area (Å²) < 4.78 is 41.0. The molecular formula is C28H26F3N5O5. The van der Waals surface area contributed by atoms with E-state index in [0.29, 0.717) is 22.4 Å². The molecule has 1 atom stereocenters.